The number of phenolic OH excluding ortho intramolecular Hbond substituents is 1. The van der Waals surface area contributed by atoms with Crippen LogP contribution in [0.2, 0.25) is 0 Å². The van der Waals surface area contributed by atoms with Crippen LogP contribution in [0.3, 0.4) is 0 Å². The standard InChI is InChI=1S/C11H17NO/c1-2-9(8-12)7-10-3-5-11(13)6-4-10/h3-6,9,13H,2,7-8,12H2,1H3. The van der Waals surface area contributed by atoms with Gasteiger partial charge in [0.15, 0.2) is 0 Å². The minimum absolute atomic E-state index is 0.324. The molecule has 0 amide bonds. The highest BCUT2D eigenvalue weighted by Gasteiger charge is 2.04. The lowest BCUT2D eigenvalue weighted by Crippen LogP contribution is -2.15. The van der Waals surface area contributed by atoms with Gasteiger partial charge in [-0.25, -0.2) is 0 Å². The Morgan fingerprint density at radius 2 is 1.92 bits per heavy atom. The molecule has 0 bridgehead atoms. The molecule has 1 unspecified atom stereocenters. The van der Waals surface area contributed by atoms with E-state index in [1.807, 2.05) is 12.1 Å². The van der Waals surface area contributed by atoms with Crippen LogP contribution in [-0.4, -0.2) is 11.7 Å². The van der Waals surface area contributed by atoms with Gasteiger partial charge in [0, 0.05) is 0 Å². The Bertz CT molecular complexity index is 239. The van der Waals surface area contributed by atoms with E-state index >= 15 is 0 Å². The van der Waals surface area contributed by atoms with Crippen molar-refractivity contribution in [1.29, 1.82) is 0 Å². The molecule has 13 heavy (non-hydrogen) atoms. The summed E-state index contributed by atoms with van der Waals surface area (Å²) in [5.41, 5.74) is 6.86. The third-order valence-corrected chi connectivity index (χ3v) is 2.37. The minimum Gasteiger partial charge on any atom is -0.508 e. The van der Waals surface area contributed by atoms with Gasteiger partial charge in [0.25, 0.3) is 0 Å². The summed E-state index contributed by atoms with van der Waals surface area (Å²) in [7, 11) is 0. The zero-order valence-corrected chi connectivity index (χ0v) is 8.03. The third-order valence-electron chi connectivity index (χ3n) is 2.37. The molecular formula is C11H17NO. The number of hydrogen-bond acceptors (Lipinski definition) is 2. The van der Waals surface area contributed by atoms with E-state index in [4.69, 9.17) is 10.8 Å². The average molecular weight is 179 g/mol. The molecule has 0 saturated heterocycles. The number of phenols is 1. The van der Waals surface area contributed by atoms with E-state index in [9.17, 15) is 0 Å². The summed E-state index contributed by atoms with van der Waals surface area (Å²) < 4.78 is 0. The summed E-state index contributed by atoms with van der Waals surface area (Å²) in [6.45, 7) is 2.88. The van der Waals surface area contributed by atoms with Gasteiger partial charge in [-0.3, -0.25) is 0 Å². The lowest BCUT2D eigenvalue weighted by atomic mass is 9.97. The molecule has 72 valence electrons. The van der Waals surface area contributed by atoms with Crippen molar-refractivity contribution >= 4 is 0 Å². The lowest BCUT2D eigenvalue weighted by Gasteiger charge is -2.11. The maximum atomic E-state index is 9.08. The van der Waals surface area contributed by atoms with Crippen molar-refractivity contribution < 1.29 is 5.11 Å². The van der Waals surface area contributed by atoms with Crippen LogP contribution in [-0.2, 0) is 6.42 Å². The topological polar surface area (TPSA) is 46.2 Å². The van der Waals surface area contributed by atoms with Crippen LogP contribution in [0.1, 0.15) is 18.9 Å². The molecule has 0 heterocycles. The number of rotatable bonds is 4. The first-order valence-corrected chi connectivity index (χ1v) is 4.74. The van der Waals surface area contributed by atoms with Gasteiger partial charge < -0.3 is 10.8 Å². The molecule has 0 saturated carbocycles. The first kappa shape index (κ1) is 10.1. The molecular weight excluding hydrogens is 162 g/mol. The normalized spacial score (nSPS) is 12.8. The average Bonchev–Trinajstić information content (AvgIpc) is 2.17. The van der Waals surface area contributed by atoms with Gasteiger partial charge in [0.05, 0.1) is 0 Å². The van der Waals surface area contributed by atoms with E-state index in [2.05, 4.69) is 6.92 Å². The molecule has 1 rings (SSSR count). The van der Waals surface area contributed by atoms with Crippen molar-refractivity contribution in [3.63, 3.8) is 0 Å². The Hall–Kier alpha value is -1.02. The number of nitrogens with two attached hydrogens (primary N) is 1. The van der Waals surface area contributed by atoms with Crippen molar-refractivity contribution in [2.45, 2.75) is 19.8 Å². The van der Waals surface area contributed by atoms with Gasteiger partial charge in [0.1, 0.15) is 5.75 Å². The highest BCUT2D eigenvalue weighted by atomic mass is 16.3. The quantitative estimate of drug-likeness (QED) is 0.741. The second-order valence-electron chi connectivity index (χ2n) is 3.38. The summed E-state index contributed by atoms with van der Waals surface area (Å²) in [5.74, 6) is 0.883. The third kappa shape index (κ3) is 3.07. The van der Waals surface area contributed by atoms with Crippen LogP contribution in [0, 0.1) is 5.92 Å². The Morgan fingerprint density at radius 3 is 2.38 bits per heavy atom. The van der Waals surface area contributed by atoms with Crippen molar-refractivity contribution in [2.75, 3.05) is 6.54 Å². The van der Waals surface area contributed by atoms with Crippen LogP contribution in [0.15, 0.2) is 24.3 Å². The fourth-order valence-corrected chi connectivity index (χ4v) is 1.36. The maximum Gasteiger partial charge on any atom is 0.115 e. The van der Waals surface area contributed by atoms with E-state index < -0.39 is 0 Å². The molecule has 1 aromatic rings. The first-order valence-electron chi connectivity index (χ1n) is 4.74. The van der Waals surface area contributed by atoms with E-state index in [1.165, 1.54) is 5.56 Å². The minimum atomic E-state index is 0.324. The van der Waals surface area contributed by atoms with Crippen LogP contribution < -0.4 is 5.73 Å². The van der Waals surface area contributed by atoms with Crippen molar-refractivity contribution in [3.05, 3.63) is 29.8 Å². The van der Waals surface area contributed by atoms with Crippen molar-refractivity contribution in [2.24, 2.45) is 11.7 Å². The molecule has 0 aliphatic carbocycles. The highest BCUT2D eigenvalue weighted by Crippen LogP contribution is 2.14. The molecule has 0 aromatic heterocycles. The SMILES string of the molecule is CCC(CN)Cc1ccc(O)cc1. The second kappa shape index (κ2) is 4.87. The first-order chi connectivity index (χ1) is 6.26. The summed E-state index contributed by atoms with van der Waals surface area (Å²) >= 11 is 0. The molecule has 0 radical (unpaired) electrons. The Balaban J connectivity index is 2.58. The Morgan fingerprint density at radius 1 is 1.31 bits per heavy atom. The van der Waals surface area contributed by atoms with E-state index in [0.717, 1.165) is 19.4 Å². The zero-order valence-electron chi connectivity index (χ0n) is 8.03. The van der Waals surface area contributed by atoms with Crippen molar-refractivity contribution in [3.8, 4) is 5.75 Å². The zero-order chi connectivity index (χ0) is 9.68. The lowest BCUT2D eigenvalue weighted by molar-refractivity contribution is 0.474. The molecule has 3 N–H and O–H groups in total. The largest absolute Gasteiger partial charge is 0.508 e. The molecule has 2 heteroatoms. The summed E-state index contributed by atoms with van der Waals surface area (Å²) in [4.78, 5) is 0. The van der Waals surface area contributed by atoms with Gasteiger partial charge in [-0.15, -0.1) is 0 Å². The molecule has 0 aliphatic heterocycles. The summed E-state index contributed by atoms with van der Waals surface area (Å²) in [5, 5.41) is 9.08. The highest BCUT2D eigenvalue weighted by molar-refractivity contribution is 5.26. The van der Waals surface area contributed by atoms with E-state index in [0.29, 0.717) is 11.7 Å². The van der Waals surface area contributed by atoms with Crippen LogP contribution in [0.4, 0.5) is 0 Å². The van der Waals surface area contributed by atoms with Crippen LogP contribution >= 0.6 is 0 Å². The van der Waals surface area contributed by atoms with Gasteiger partial charge in [-0.1, -0.05) is 25.5 Å². The predicted octanol–water partition coefficient (Wildman–Crippen LogP) is 1.92. The van der Waals surface area contributed by atoms with Crippen LogP contribution in [0.5, 0.6) is 5.75 Å². The molecule has 1 aromatic carbocycles. The molecule has 0 spiro atoms. The smallest absolute Gasteiger partial charge is 0.115 e. The van der Waals surface area contributed by atoms with Gasteiger partial charge in [0.2, 0.25) is 0 Å². The second-order valence-corrected chi connectivity index (χ2v) is 3.38. The van der Waals surface area contributed by atoms with Crippen molar-refractivity contribution in [1.82, 2.24) is 0 Å². The number of hydrogen-bond donors (Lipinski definition) is 2. The monoisotopic (exact) mass is 179 g/mol. The fourth-order valence-electron chi connectivity index (χ4n) is 1.36. The Kier molecular flexibility index (Phi) is 3.77. The van der Waals surface area contributed by atoms with Gasteiger partial charge in [-0.2, -0.15) is 0 Å². The van der Waals surface area contributed by atoms with E-state index in [1.54, 1.807) is 12.1 Å². The van der Waals surface area contributed by atoms with Gasteiger partial charge in [-0.05, 0) is 36.6 Å². The molecule has 2 nitrogen and oxygen atoms in total. The molecule has 1 atom stereocenters. The van der Waals surface area contributed by atoms with Gasteiger partial charge >= 0.3 is 0 Å². The molecule has 0 aliphatic rings. The predicted molar refractivity (Wildman–Crippen MR) is 54.6 cm³/mol. The maximum absolute atomic E-state index is 9.08. The Labute approximate surface area is 79.4 Å². The number of aromatic hydroxyl groups is 1. The van der Waals surface area contributed by atoms with E-state index in [-0.39, 0.29) is 0 Å². The summed E-state index contributed by atoms with van der Waals surface area (Å²) in [6, 6.07) is 7.35. The fraction of sp³-hybridized carbons (Fsp3) is 0.455. The number of benzene rings is 1. The molecule has 0 fully saturated rings. The summed E-state index contributed by atoms with van der Waals surface area (Å²) in [6.07, 6.45) is 2.12. The van der Waals surface area contributed by atoms with Crippen LogP contribution in [0.25, 0.3) is 0 Å².